The van der Waals surface area contributed by atoms with Crippen molar-refractivity contribution in [3.8, 4) is 0 Å². The zero-order valence-electron chi connectivity index (χ0n) is 17.0. The van der Waals surface area contributed by atoms with Crippen LogP contribution in [0.1, 0.15) is 57.1 Å². The van der Waals surface area contributed by atoms with Gasteiger partial charge in [-0.1, -0.05) is 19.8 Å². The Morgan fingerprint density at radius 1 is 1.35 bits per heavy atom. The highest BCUT2D eigenvalue weighted by molar-refractivity contribution is 14.0. The highest BCUT2D eigenvalue weighted by Gasteiger charge is 2.22. The van der Waals surface area contributed by atoms with Gasteiger partial charge in [0.05, 0.1) is 12.2 Å². The first-order valence-electron chi connectivity index (χ1n) is 9.65. The summed E-state index contributed by atoms with van der Waals surface area (Å²) in [4.78, 5) is 6.64. The summed E-state index contributed by atoms with van der Waals surface area (Å²) >= 11 is 0. The minimum absolute atomic E-state index is 0. The second kappa shape index (κ2) is 11.8. The topological polar surface area (TPSA) is 57.5 Å². The molecule has 2 N–H and O–H groups in total. The normalized spacial score (nSPS) is 22.0. The molecule has 1 atom stereocenters. The minimum Gasteiger partial charge on any atom is -0.354 e. The van der Waals surface area contributed by atoms with Crippen LogP contribution in [0.2, 0.25) is 0 Å². The number of aromatic nitrogens is 2. The highest BCUT2D eigenvalue weighted by atomic mass is 127. The van der Waals surface area contributed by atoms with Crippen LogP contribution in [-0.4, -0.2) is 54.4 Å². The van der Waals surface area contributed by atoms with E-state index in [9.17, 15) is 0 Å². The molecule has 1 aromatic rings. The molecule has 26 heavy (non-hydrogen) atoms. The average molecular weight is 476 g/mol. The van der Waals surface area contributed by atoms with Crippen LogP contribution >= 0.6 is 24.0 Å². The van der Waals surface area contributed by atoms with E-state index < -0.39 is 0 Å². The van der Waals surface area contributed by atoms with Crippen LogP contribution < -0.4 is 10.6 Å². The average Bonchev–Trinajstić information content (AvgIpc) is 3.01. The van der Waals surface area contributed by atoms with Gasteiger partial charge in [-0.2, -0.15) is 5.10 Å². The number of guanidine groups is 1. The van der Waals surface area contributed by atoms with E-state index >= 15 is 0 Å². The Morgan fingerprint density at radius 2 is 2.04 bits per heavy atom. The summed E-state index contributed by atoms with van der Waals surface area (Å²) in [6.45, 7) is 3.10. The Bertz CT molecular complexity index is 534. The van der Waals surface area contributed by atoms with Gasteiger partial charge in [-0.15, -0.1) is 24.0 Å². The van der Waals surface area contributed by atoms with Gasteiger partial charge < -0.3 is 15.5 Å². The summed E-state index contributed by atoms with van der Waals surface area (Å²) in [6.07, 6.45) is 11.9. The van der Waals surface area contributed by atoms with Crippen molar-refractivity contribution in [2.24, 2.45) is 18.0 Å². The smallest absolute Gasteiger partial charge is 0.191 e. The third kappa shape index (κ3) is 7.06. The maximum Gasteiger partial charge on any atom is 0.191 e. The molecule has 1 unspecified atom stereocenters. The molecule has 6 nitrogen and oxygen atoms in total. The summed E-state index contributed by atoms with van der Waals surface area (Å²) < 4.78 is 1.85. The zero-order chi connectivity index (χ0) is 18.2. The summed E-state index contributed by atoms with van der Waals surface area (Å²) in [6, 6.07) is 0.822. The van der Waals surface area contributed by atoms with E-state index in [1.54, 1.807) is 0 Å². The molecular weight excluding hydrogens is 439 g/mol. The van der Waals surface area contributed by atoms with Crippen molar-refractivity contribution >= 4 is 29.9 Å². The molecule has 0 bridgehead atoms. The van der Waals surface area contributed by atoms with Crippen molar-refractivity contribution < 1.29 is 0 Å². The minimum atomic E-state index is 0. The molecule has 1 aliphatic carbocycles. The number of aryl methyl sites for hydroxylation is 1. The van der Waals surface area contributed by atoms with Crippen LogP contribution in [0.5, 0.6) is 0 Å². The summed E-state index contributed by atoms with van der Waals surface area (Å²) in [5.74, 6) is 1.84. The van der Waals surface area contributed by atoms with E-state index in [-0.39, 0.29) is 30.0 Å². The fraction of sp³-hybridized carbons (Fsp3) is 0.789. The molecule has 0 aromatic carbocycles. The first kappa shape index (κ1) is 23.2. The number of nitrogens with one attached hydrogen (secondary N) is 2. The highest BCUT2D eigenvalue weighted by Crippen LogP contribution is 2.27. The van der Waals surface area contributed by atoms with E-state index in [4.69, 9.17) is 0 Å². The number of nitrogens with zero attached hydrogens (tertiary/aromatic N) is 4. The molecule has 0 amide bonds. The lowest BCUT2D eigenvalue weighted by Crippen LogP contribution is -2.46. The van der Waals surface area contributed by atoms with Crippen molar-refractivity contribution in [2.75, 3.05) is 27.7 Å². The number of likely N-dealkylation sites (N-methyl/N-ethyl adjacent to an activating group) is 1. The van der Waals surface area contributed by atoms with Crippen molar-refractivity contribution in [1.29, 1.82) is 0 Å². The summed E-state index contributed by atoms with van der Waals surface area (Å²) in [5, 5.41) is 11.4. The molecule has 0 radical (unpaired) electrons. The van der Waals surface area contributed by atoms with Crippen molar-refractivity contribution in [1.82, 2.24) is 25.3 Å². The van der Waals surface area contributed by atoms with Crippen LogP contribution in [0.4, 0.5) is 0 Å². The Labute approximate surface area is 176 Å². The second-order valence-electron chi connectivity index (χ2n) is 7.53. The second-order valence-corrected chi connectivity index (χ2v) is 7.53. The van der Waals surface area contributed by atoms with Gasteiger partial charge in [0.2, 0.25) is 0 Å². The van der Waals surface area contributed by atoms with Crippen LogP contribution in [0.3, 0.4) is 0 Å². The Kier molecular flexibility index (Phi) is 10.5. The lowest BCUT2D eigenvalue weighted by Gasteiger charge is -2.31. The predicted octanol–water partition coefficient (Wildman–Crippen LogP) is 3.16. The Hall–Kier alpha value is -0.830. The van der Waals surface area contributed by atoms with E-state index in [0.29, 0.717) is 6.04 Å². The number of aliphatic imine (C=N–C) groups is 1. The Balaban J connectivity index is 0.00000338. The molecule has 1 fully saturated rings. The van der Waals surface area contributed by atoms with Crippen molar-refractivity contribution in [3.05, 3.63) is 18.0 Å². The van der Waals surface area contributed by atoms with Crippen LogP contribution in [-0.2, 0) is 7.05 Å². The summed E-state index contributed by atoms with van der Waals surface area (Å²) in [7, 11) is 8.01. The number of rotatable bonds is 7. The van der Waals surface area contributed by atoms with Crippen LogP contribution in [0.15, 0.2) is 17.4 Å². The van der Waals surface area contributed by atoms with Crippen molar-refractivity contribution in [3.63, 3.8) is 0 Å². The lowest BCUT2D eigenvalue weighted by atomic mass is 9.83. The number of halogens is 1. The van der Waals surface area contributed by atoms with Gasteiger partial charge in [-0.05, 0) is 45.7 Å². The third-order valence-corrected chi connectivity index (χ3v) is 5.30. The summed E-state index contributed by atoms with van der Waals surface area (Å²) in [5.41, 5.74) is 1.22. The maximum absolute atomic E-state index is 4.42. The van der Waals surface area contributed by atoms with E-state index in [1.165, 1.54) is 44.1 Å². The standard InChI is InChI=1S/C19H36N6.HI/c1-6-7-15-8-10-17(11-9-15)23-19(20-2)21-13-18(24(3)4)16-12-22-25(5)14-16;/h12,14-15,17-18H,6-11,13H2,1-5H3,(H2,20,21,23);1H. The van der Waals surface area contributed by atoms with Gasteiger partial charge >= 0.3 is 0 Å². The van der Waals surface area contributed by atoms with Gasteiger partial charge in [0.15, 0.2) is 5.96 Å². The lowest BCUT2D eigenvalue weighted by molar-refractivity contribution is 0.288. The fourth-order valence-corrected chi connectivity index (χ4v) is 3.80. The molecule has 1 heterocycles. The molecule has 0 aliphatic heterocycles. The molecule has 1 aromatic heterocycles. The molecule has 0 saturated heterocycles. The first-order valence-corrected chi connectivity index (χ1v) is 9.65. The first-order chi connectivity index (χ1) is 12.0. The molecule has 1 aliphatic rings. The van der Waals surface area contributed by atoms with Crippen molar-refractivity contribution in [2.45, 2.75) is 57.5 Å². The molecule has 1 saturated carbocycles. The van der Waals surface area contributed by atoms with Gasteiger partial charge in [0, 0.05) is 38.4 Å². The fourth-order valence-electron chi connectivity index (χ4n) is 3.80. The third-order valence-electron chi connectivity index (χ3n) is 5.30. The van der Waals surface area contributed by atoms with Gasteiger partial charge in [-0.25, -0.2) is 0 Å². The molecular formula is C19H37IN6. The van der Waals surface area contributed by atoms with Gasteiger partial charge in [-0.3, -0.25) is 9.67 Å². The molecule has 2 rings (SSSR count). The van der Waals surface area contributed by atoms with Crippen LogP contribution in [0, 0.1) is 5.92 Å². The zero-order valence-corrected chi connectivity index (χ0v) is 19.4. The molecule has 0 spiro atoms. The SMILES string of the molecule is CCCC1CCC(NC(=NC)NCC(c2cnn(C)c2)N(C)C)CC1.I. The van der Waals surface area contributed by atoms with E-state index in [1.807, 2.05) is 25.0 Å². The Morgan fingerprint density at radius 3 is 2.54 bits per heavy atom. The van der Waals surface area contributed by atoms with Crippen LogP contribution in [0.25, 0.3) is 0 Å². The number of hydrogen-bond donors (Lipinski definition) is 2. The number of hydrogen-bond acceptors (Lipinski definition) is 3. The van der Waals surface area contributed by atoms with Gasteiger partial charge in [0.25, 0.3) is 0 Å². The molecule has 7 heteroatoms. The van der Waals surface area contributed by atoms with E-state index in [2.05, 4.69) is 52.8 Å². The monoisotopic (exact) mass is 476 g/mol. The largest absolute Gasteiger partial charge is 0.354 e. The van der Waals surface area contributed by atoms with Gasteiger partial charge in [0.1, 0.15) is 0 Å². The quantitative estimate of drug-likeness (QED) is 0.361. The van der Waals surface area contributed by atoms with E-state index in [0.717, 1.165) is 18.4 Å². The predicted molar refractivity (Wildman–Crippen MR) is 120 cm³/mol. The molecule has 150 valence electrons. The maximum atomic E-state index is 4.42.